The van der Waals surface area contributed by atoms with Crippen LogP contribution in [0.2, 0.25) is 0 Å². The minimum Gasteiger partial charge on any atom is -0.315 e. The van der Waals surface area contributed by atoms with Gasteiger partial charge in [-0.1, -0.05) is 0 Å². The summed E-state index contributed by atoms with van der Waals surface area (Å²) in [5, 5.41) is 7.41. The summed E-state index contributed by atoms with van der Waals surface area (Å²) in [6.45, 7) is 10.0. The van der Waals surface area contributed by atoms with Crippen LogP contribution >= 0.6 is 0 Å². The Morgan fingerprint density at radius 1 is 0.600 bits per heavy atom. The summed E-state index contributed by atoms with van der Waals surface area (Å²) in [5.41, 5.74) is 0. The van der Waals surface area contributed by atoms with Crippen molar-refractivity contribution in [2.75, 3.05) is 52.4 Å². The number of hydrogen-bond acceptors (Lipinski definition) is 4. The van der Waals surface area contributed by atoms with Crippen LogP contribution in [0.1, 0.15) is 38.5 Å². The fraction of sp³-hybridized carbons (Fsp3) is 1.00. The molecule has 20 heavy (non-hydrogen) atoms. The molecule has 2 atom stereocenters. The Morgan fingerprint density at radius 2 is 1.05 bits per heavy atom. The van der Waals surface area contributed by atoms with E-state index in [1.165, 1.54) is 90.9 Å². The van der Waals surface area contributed by atoms with E-state index in [2.05, 4.69) is 20.4 Å². The highest BCUT2D eigenvalue weighted by atomic mass is 15.2. The third kappa shape index (κ3) is 3.94. The van der Waals surface area contributed by atoms with Gasteiger partial charge in [0.05, 0.1) is 0 Å². The van der Waals surface area contributed by atoms with Crippen molar-refractivity contribution in [1.29, 1.82) is 0 Å². The van der Waals surface area contributed by atoms with Gasteiger partial charge >= 0.3 is 0 Å². The van der Waals surface area contributed by atoms with Crippen molar-refractivity contribution in [1.82, 2.24) is 20.4 Å². The van der Waals surface area contributed by atoms with Gasteiger partial charge in [-0.3, -0.25) is 9.80 Å². The molecule has 116 valence electrons. The molecule has 0 aromatic carbocycles. The summed E-state index contributed by atoms with van der Waals surface area (Å²) in [6, 6.07) is 1.61. The number of nitrogens with one attached hydrogen (secondary N) is 2. The first-order valence-electron chi connectivity index (χ1n) is 8.83. The van der Waals surface area contributed by atoms with Gasteiger partial charge in [0.25, 0.3) is 0 Å². The molecule has 0 saturated carbocycles. The maximum Gasteiger partial charge on any atom is 0.0221 e. The van der Waals surface area contributed by atoms with Crippen molar-refractivity contribution >= 4 is 0 Å². The molecule has 0 radical (unpaired) electrons. The normalized spacial score (nSPS) is 35.4. The molecule has 0 spiro atoms. The molecule has 3 aliphatic rings. The summed E-state index contributed by atoms with van der Waals surface area (Å²) < 4.78 is 0. The van der Waals surface area contributed by atoms with E-state index in [1.54, 1.807) is 0 Å². The monoisotopic (exact) mass is 280 g/mol. The van der Waals surface area contributed by atoms with Gasteiger partial charge in [-0.2, -0.15) is 0 Å². The van der Waals surface area contributed by atoms with Crippen LogP contribution in [0, 0.1) is 0 Å². The Hall–Kier alpha value is -0.160. The summed E-state index contributed by atoms with van der Waals surface area (Å²) in [6.07, 6.45) is 8.21. The van der Waals surface area contributed by atoms with Crippen molar-refractivity contribution < 1.29 is 0 Å². The Kier molecular flexibility index (Phi) is 5.71. The average Bonchev–Trinajstić information content (AvgIpc) is 3.07. The van der Waals surface area contributed by atoms with Crippen LogP contribution in [0.25, 0.3) is 0 Å². The maximum absolute atomic E-state index is 3.71. The van der Waals surface area contributed by atoms with E-state index in [1.807, 2.05) is 0 Å². The molecule has 4 nitrogen and oxygen atoms in total. The molecule has 0 unspecified atom stereocenters. The Labute approximate surface area is 124 Å². The molecular weight excluding hydrogens is 248 g/mol. The molecule has 0 aliphatic carbocycles. The minimum absolute atomic E-state index is 0.803. The molecule has 3 rings (SSSR count). The van der Waals surface area contributed by atoms with E-state index >= 15 is 0 Å². The first-order valence-corrected chi connectivity index (χ1v) is 8.83. The zero-order chi connectivity index (χ0) is 13.6. The van der Waals surface area contributed by atoms with Crippen LogP contribution in [0.4, 0.5) is 0 Å². The molecule has 0 bridgehead atoms. The zero-order valence-corrected chi connectivity index (χ0v) is 12.9. The van der Waals surface area contributed by atoms with Gasteiger partial charge in [-0.05, 0) is 77.8 Å². The molecule has 3 heterocycles. The van der Waals surface area contributed by atoms with E-state index in [-0.39, 0.29) is 0 Å². The lowest BCUT2D eigenvalue weighted by atomic mass is 10.2. The van der Waals surface area contributed by atoms with E-state index in [4.69, 9.17) is 0 Å². The zero-order valence-electron chi connectivity index (χ0n) is 12.9. The maximum atomic E-state index is 3.71. The van der Waals surface area contributed by atoms with Crippen LogP contribution in [-0.2, 0) is 0 Å². The summed E-state index contributed by atoms with van der Waals surface area (Å²) in [4.78, 5) is 5.42. The van der Waals surface area contributed by atoms with Crippen LogP contribution in [-0.4, -0.2) is 74.2 Å². The Balaban J connectivity index is 1.49. The van der Waals surface area contributed by atoms with Gasteiger partial charge in [0.1, 0.15) is 0 Å². The predicted octanol–water partition coefficient (Wildman–Crippen LogP) is 0.888. The van der Waals surface area contributed by atoms with Gasteiger partial charge < -0.3 is 10.6 Å². The van der Waals surface area contributed by atoms with Crippen molar-refractivity contribution in [2.24, 2.45) is 0 Å². The summed E-state index contributed by atoms with van der Waals surface area (Å²) in [7, 11) is 0. The molecule has 4 heteroatoms. The van der Waals surface area contributed by atoms with Gasteiger partial charge in [-0.25, -0.2) is 0 Å². The van der Waals surface area contributed by atoms with Crippen LogP contribution in [0.15, 0.2) is 0 Å². The number of fused-ring (bicyclic) bond motifs is 2. The number of nitrogens with zero attached hydrogens (tertiary/aromatic N) is 2. The smallest absolute Gasteiger partial charge is 0.0221 e. The molecule has 0 aromatic heterocycles. The Bertz CT molecular complexity index is 232. The molecule has 2 N–H and O–H groups in total. The highest BCUT2D eigenvalue weighted by Gasteiger charge is 2.25. The van der Waals surface area contributed by atoms with E-state index in [0.717, 1.165) is 12.1 Å². The van der Waals surface area contributed by atoms with Crippen molar-refractivity contribution in [2.45, 2.75) is 50.6 Å². The van der Waals surface area contributed by atoms with Crippen LogP contribution in [0.5, 0.6) is 0 Å². The molecule has 3 aliphatic heterocycles. The second-order valence-corrected chi connectivity index (χ2v) is 6.78. The fourth-order valence-corrected chi connectivity index (χ4v) is 4.19. The van der Waals surface area contributed by atoms with Crippen molar-refractivity contribution in [3.63, 3.8) is 0 Å². The molecule has 0 amide bonds. The SMILES string of the molecule is C1CNC[C@H]2CCCN2CCCNC[C@H]2CCCN2C1. The quantitative estimate of drug-likeness (QED) is 0.690. The molecule has 3 fully saturated rings. The predicted molar refractivity (Wildman–Crippen MR) is 84.2 cm³/mol. The second-order valence-electron chi connectivity index (χ2n) is 6.78. The molecular formula is C16H32N4. The van der Waals surface area contributed by atoms with Crippen molar-refractivity contribution in [3.05, 3.63) is 0 Å². The standard InChI is InChI=1S/C16H32N4/c1-5-15-13-17-8-4-12-20-10-2-6-16(20)14-18-7-3-11-19(15)9-1/h15-18H,1-14H2/t15-,16-/m1/s1. The Morgan fingerprint density at radius 3 is 1.55 bits per heavy atom. The topological polar surface area (TPSA) is 30.5 Å². The van der Waals surface area contributed by atoms with E-state index < -0.39 is 0 Å². The van der Waals surface area contributed by atoms with Crippen molar-refractivity contribution in [3.8, 4) is 0 Å². The van der Waals surface area contributed by atoms with Gasteiger partial charge in [0.15, 0.2) is 0 Å². The van der Waals surface area contributed by atoms with E-state index in [0.29, 0.717) is 0 Å². The van der Waals surface area contributed by atoms with Gasteiger partial charge in [0.2, 0.25) is 0 Å². The third-order valence-electron chi connectivity index (χ3n) is 5.36. The minimum atomic E-state index is 0.803. The third-order valence-corrected chi connectivity index (χ3v) is 5.36. The highest BCUT2D eigenvalue weighted by molar-refractivity contribution is 4.83. The van der Waals surface area contributed by atoms with Crippen LogP contribution < -0.4 is 10.6 Å². The van der Waals surface area contributed by atoms with E-state index in [9.17, 15) is 0 Å². The highest BCUT2D eigenvalue weighted by Crippen LogP contribution is 2.18. The second kappa shape index (κ2) is 7.74. The molecule has 0 aromatic rings. The first kappa shape index (κ1) is 14.8. The summed E-state index contributed by atoms with van der Waals surface area (Å²) in [5.74, 6) is 0. The number of hydrogen-bond donors (Lipinski definition) is 2. The largest absolute Gasteiger partial charge is 0.315 e. The van der Waals surface area contributed by atoms with Crippen LogP contribution in [0.3, 0.4) is 0 Å². The lowest BCUT2D eigenvalue weighted by molar-refractivity contribution is 0.222. The van der Waals surface area contributed by atoms with Gasteiger partial charge in [-0.15, -0.1) is 0 Å². The first-order chi connectivity index (χ1) is 9.93. The lowest BCUT2D eigenvalue weighted by Gasteiger charge is -2.28. The van der Waals surface area contributed by atoms with Gasteiger partial charge in [0, 0.05) is 25.2 Å². The molecule has 3 saturated heterocycles. The fourth-order valence-electron chi connectivity index (χ4n) is 4.19. The lowest BCUT2D eigenvalue weighted by Crippen LogP contribution is -2.43. The summed E-state index contributed by atoms with van der Waals surface area (Å²) >= 11 is 0. The average molecular weight is 280 g/mol. The number of rotatable bonds is 0.